The summed E-state index contributed by atoms with van der Waals surface area (Å²) >= 11 is 0. The van der Waals surface area contributed by atoms with Crippen LogP contribution in [0.15, 0.2) is 18.3 Å². The molecule has 0 radical (unpaired) electrons. The lowest BCUT2D eigenvalue weighted by molar-refractivity contribution is 0.111. The van der Waals surface area contributed by atoms with E-state index in [1.165, 1.54) is 17.2 Å². The summed E-state index contributed by atoms with van der Waals surface area (Å²) < 4.78 is 5.05. The van der Waals surface area contributed by atoms with Crippen LogP contribution >= 0.6 is 0 Å². The van der Waals surface area contributed by atoms with Crippen LogP contribution in [0.5, 0.6) is 0 Å². The van der Waals surface area contributed by atoms with Crippen molar-refractivity contribution in [2.75, 3.05) is 29.1 Å². The molecule has 0 bridgehead atoms. The van der Waals surface area contributed by atoms with Gasteiger partial charge in [-0.2, -0.15) is 5.26 Å². The zero-order valence-corrected chi connectivity index (χ0v) is 17.4. The van der Waals surface area contributed by atoms with E-state index in [0.717, 1.165) is 5.56 Å². The number of anilines is 3. The van der Waals surface area contributed by atoms with Gasteiger partial charge >= 0.3 is 12.1 Å². The van der Waals surface area contributed by atoms with Gasteiger partial charge in [-0.15, -0.1) is 0 Å². The van der Waals surface area contributed by atoms with E-state index in [1.54, 1.807) is 4.90 Å². The van der Waals surface area contributed by atoms with E-state index < -0.39 is 12.1 Å². The number of nitrogens with zero attached hydrogens (tertiary/aromatic N) is 5. The Labute approximate surface area is 183 Å². The lowest BCUT2D eigenvalue weighted by Gasteiger charge is -2.29. The number of nitrogens with two attached hydrogens (primary N) is 1. The first-order valence-corrected chi connectivity index (χ1v) is 10.1. The van der Waals surface area contributed by atoms with E-state index in [2.05, 4.69) is 15.3 Å². The van der Waals surface area contributed by atoms with Gasteiger partial charge in [0.25, 0.3) is 0 Å². The Kier molecular flexibility index (Phi) is 5.59. The van der Waals surface area contributed by atoms with Crippen molar-refractivity contribution >= 4 is 35.7 Å². The van der Waals surface area contributed by atoms with Crippen LogP contribution in [-0.4, -0.2) is 52.5 Å². The molecule has 1 saturated heterocycles. The molecule has 0 spiro atoms. The number of carbonyl (C=O) groups excluding carboxylic acids is 3. The number of hydrogen-bond acceptors (Lipinski definition) is 8. The van der Waals surface area contributed by atoms with E-state index in [1.807, 2.05) is 19.1 Å². The highest BCUT2D eigenvalue weighted by Gasteiger charge is 2.31. The maximum atomic E-state index is 12.9. The van der Waals surface area contributed by atoms with Crippen molar-refractivity contribution in [1.82, 2.24) is 14.9 Å². The van der Waals surface area contributed by atoms with Gasteiger partial charge in [-0.1, -0.05) is 0 Å². The van der Waals surface area contributed by atoms with E-state index in [9.17, 15) is 14.4 Å². The quantitative estimate of drug-likeness (QED) is 0.692. The minimum absolute atomic E-state index is 0.104. The van der Waals surface area contributed by atoms with Gasteiger partial charge in [0.1, 0.15) is 30.0 Å². The number of urea groups is 1. The number of hydrogen-bond donors (Lipinski definition) is 2. The van der Waals surface area contributed by atoms with Crippen LogP contribution in [-0.2, 0) is 17.7 Å². The van der Waals surface area contributed by atoms with Gasteiger partial charge in [0.05, 0.1) is 23.8 Å². The Morgan fingerprint density at radius 1 is 1.47 bits per heavy atom. The second-order valence-corrected chi connectivity index (χ2v) is 7.64. The smallest absolute Gasteiger partial charge is 0.410 e. The Balaban J connectivity index is 1.59. The van der Waals surface area contributed by atoms with Gasteiger partial charge in [-0.25, -0.2) is 19.6 Å². The zero-order valence-electron chi connectivity index (χ0n) is 17.4. The van der Waals surface area contributed by atoms with Crippen LogP contribution in [0, 0.1) is 11.3 Å². The average molecular weight is 435 g/mol. The third-order valence-corrected chi connectivity index (χ3v) is 5.48. The van der Waals surface area contributed by atoms with Gasteiger partial charge in [0.2, 0.25) is 0 Å². The highest BCUT2D eigenvalue weighted by molar-refractivity contribution is 6.01. The summed E-state index contributed by atoms with van der Waals surface area (Å²) in [5, 5.41) is 11.6. The largest absolute Gasteiger partial charge is 0.447 e. The number of aryl methyl sites for hydroxylation is 1. The summed E-state index contributed by atoms with van der Waals surface area (Å²) in [5.41, 5.74) is 7.78. The van der Waals surface area contributed by atoms with Crippen LogP contribution in [0.1, 0.15) is 40.5 Å². The first-order valence-electron chi connectivity index (χ1n) is 10.1. The molecule has 2 aliphatic rings. The lowest BCUT2D eigenvalue weighted by Crippen LogP contribution is -2.40. The summed E-state index contributed by atoms with van der Waals surface area (Å²) in [6, 6.07) is 4.56. The molecule has 164 valence electrons. The Hall–Kier alpha value is -4.20. The third kappa shape index (κ3) is 3.90. The Morgan fingerprint density at radius 3 is 2.94 bits per heavy atom. The molecule has 1 atom stereocenters. The van der Waals surface area contributed by atoms with E-state index in [4.69, 9.17) is 15.7 Å². The molecule has 2 aliphatic heterocycles. The fourth-order valence-corrected chi connectivity index (χ4v) is 3.74. The molecular weight excluding hydrogens is 414 g/mol. The normalized spacial score (nSPS) is 17.4. The number of ether oxygens (including phenoxy) is 1. The molecule has 0 aromatic carbocycles. The Bertz CT molecular complexity index is 1140. The standard InChI is InChI=1S/C21H21N7O4/c1-12-11-32-21(31)28(12)9-14-5-13-3-2-4-27(19(13)25-17(14)10-29)20(30)26-18-6-16(23)15(7-22)8-24-18/h5-6,8,10,12H,2-4,9,11H2,1H3,(H3,23,24,26,30). The van der Waals surface area contributed by atoms with Crippen molar-refractivity contribution < 1.29 is 19.1 Å². The lowest BCUT2D eigenvalue weighted by atomic mass is 10.0. The molecule has 2 aromatic rings. The van der Waals surface area contributed by atoms with Gasteiger partial charge in [0, 0.05) is 24.4 Å². The number of fused-ring (bicyclic) bond motifs is 1. The van der Waals surface area contributed by atoms with Crippen LogP contribution in [0.3, 0.4) is 0 Å². The molecule has 3 amide bonds. The SMILES string of the molecule is CC1COC(=O)N1Cc1cc2c(nc1C=O)N(C(=O)Nc1cc(N)c(C#N)cn1)CCC2. The molecular formula is C21H21N7O4. The van der Waals surface area contributed by atoms with Gasteiger partial charge < -0.3 is 10.5 Å². The molecule has 32 heavy (non-hydrogen) atoms. The van der Waals surface area contributed by atoms with Crippen LogP contribution in [0.2, 0.25) is 0 Å². The second kappa shape index (κ2) is 8.50. The molecule has 2 aromatic heterocycles. The number of nitrogen functional groups attached to an aromatic ring is 1. The number of pyridine rings is 2. The van der Waals surface area contributed by atoms with Gasteiger partial charge in [0.15, 0.2) is 6.29 Å². The molecule has 11 nitrogen and oxygen atoms in total. The monoisotopic (exact) mass is 435 g/mol. The molecule has 1 fully saturated rings. The molecule has 1 unspecified atom stereocenters. The first-order chi connectivity index (χ1) is 15.4. The molecule has 0 saturated carbocycles. The number of cyclic esters (lactones) is 1. The maximum absolute atomic E-state index is 12.9. The summed E-state index contributed by atoms with van der Waals surface area (Å²) in [7, 11) is 0. The topological polar surface area (TPSA) is 155 Å². The minimum atomic E-state index is -0.476. The summed E-state index contributed by atoms with van der Waals surface area (Å²) in [5.74, 6) is 0.589. The third-order valence-electron chi connectivity index (χ3n) is 5.48. The van der Waals surface area contributed by atoms with Crippen LogP contribution in [0.4, 0.5) is 26.9 Å². The van der Waals surface area contributed by atoms with Crippen molar-refractivity contribution in [2.24, 2.45) is 0 Å². The summed E-state index contributed by atoms with van der Waals surface area (Å²) in [6.45, 7) is 2.78. The zero-order chi connectivity index (χ0) is 22.8. The maximum Gasteiger partial charge on any atom is 0.410 e. The highest BCUT2D eigenvalue weighted by Crippen LogP contribution is 2.29. The van der Waals surface area contributed by atoms with Crippen molar-refractivity contribution in [3.05, 3.63) is 40.7 Å². The number of carbonyl (C=O) groups is 3. The molecule has 11 heteroatoms. The number of amides is 3. The predicted molar refractivity (Wildman–Crippen MR) is 114 cm³/mol. The van der Waals surface area contributed by atoms with E-state index in [0.29, 0.717) is 43.7 Å². The average Bonchev–Trinajstić information content (AvgIpc) is 3.10. The van der Waals surface area contributed by atoms with Gasteiger partial charge in [-0.05, 0) is 31.4 Å². The van der Waals surface area contributed by atoms with Gasteiger partial charge in [-0.3, -0.25) is 19.9 Å². The van der Waals surface area contributed by atoms with Crippen molar-refractivity contribution in [1.29, 1.82) is 5.26 Å². The van der Waals surface area contributed by atoms with Crippen molar-refractivity contribution in [3.63, 3.8) is 0 Å². The number of aromatic nitrogens is 2. The van der Waals surface area contributed by atoms with E-state index in [-0.39, 0.29) is 35.3 Å². The van der Waals surface area contributed by atoms with Crippen molar-refractivity contribution in [3.8, 4) is 6.07 Å². The molecule has 3 N–H and O–H groups in total. The number of nitriles is 1. The number of aldehydes is 1. The first kappa shape index (κ1) is 21.0. The Morgan fingerprint density at radius 2 is 2.28 bits per heavy atom. The summed E-state index contributed by atoms with van der Waals surface area (Å²) in [4.78, 5) is 48.1. The fourth-order valence-electron chi connectivity index (χ4n) is 3.74. The second-order valence-electron chi connectivity index (χ2n) is 7.64. The highest BCUT2D eigenvalue weighted by atomic mass is 16.6. The number of nitrogens with one attached hydrogen (secondary N) is 1. The van der Waals surface area contributed by atoms with Crippen molar-refractivity contribution in [2.45, 2.75) is 32.4 Å². The minimum Gasteiger partial charge on any atom is -0.447 e. The fraction of sp³-hybridized carbons (Fsp3) is 0.333. The predicted octanol–water partition coefficient (Wildman–Crippen LogP) is 2.07. The number of rotatable bonds is 4. The van der Waals surface area contributed by atoms with E-state index >= 15 is 0 Å². The van der Waals surface area contributed by atoms with Crippen LogP contribution < -0.4 is 16.0 Å². The molecule has 4 rings (SSSR count). The van der Waals surface area contributed by atoms with Crippen LogP contribution in [0.25, 0.3) is 0 Å². The summed E-state index contributed by atoms with van der Waals surface area (Å²) in [6.07, 6.45) is 2.86. The molecule has 4 heterocycles. The molecule has 0 aliphatic carbocycles.